The molecular weight excluding hydrogens is 304 g/mol. The van der Waals surface area contributed by atoms with Crippen LogP contribution in [0.1, 0.15) is 34.1 Å². The highest BCUT2D eigenvalue weighted by molar-refractivity contribution is 5.76. The van der Waals surface area contributed by atoms with Crippen LogP contribution in [0.15, 0.2) is 0 Å². The van der Waals surface area contributed by atoms with Gasteiger partial charge in [0.05, 0.1) is 19.6 Å². The number of nitrogens with zero attached hydrogens (tertiary/aromatic N) is 2. The average Bonchev–Trinajstić information content (AvgIpc) is 2.82. The first kappa shape index (κ1) is 17.1. The molecule has 1 amide bonds. The normalized spacial score (nSPS) is 48.2. The second-order valence-electron chi connectivity index (χ2n) is 7.37. The summed E-state index contributed by atoms with van der Waals surface area (Å²) in [7, 11) is 0. The van der Waals surface area contributed by atoms with Gasteiger partial charge >= 0.3 is 0 Å². The SMILES string of the molecule is CCC(=O)N1CC2(C)OC3(O)CN(C(C)O)CC3(C)OC2(O)C1. The van der Waals surface area contributed by atoms with Crippen molar-refractivity contribution in [2.75, 3.05) is 26.2 Å². The van der Waals surface area contributed by atoms with Gasteiger partial charge in [0.15, 0.2) is 0 Å². The van der Waals surface area contributed by atoms with Crippen LogP contribution in [0.25, 0.3) is 0 Å². The molecule has 23 heavy (non-hydrogen) atoms. The highest BCUT2D eigenvalue weighted by Gasteiger charge is 2.73. The third-order valence-corrected chi connectivity index (χ3v) is 5.44. The zero-order chi connectivity index (χ0) is 17.3. The zero-order valence-corrected chi connectivity index (χ0v) is 14.1. The standard InChI is InChI=1S/C15H26N2O6/c1-5-11(19)17-7-13(4)15(21,9-17)22-12(3)6-16(10(2)18)8-14(12,20)23-13/h10,18,20-21H,5-9H2,1-4H3. The molecule has 3 aliphatic heterocycles. The predicted molar refractivity (Wildman–Crippen MR) is 79.0 cm³/mol. The zero-order valence-electron chi connectivity index (χ0n) is 14.1. The summed E-state index contributed by atoms with van der Waals surface area (Å²) in [5.74, 6) is -3.47. The molecular formula is C15H26N2O6. The van der Waals surface area contributed by atoms with Crippen LogP contribution in [0.3, 0.4) is 0 Å². The van der Waals surface area contributed by atoms with Crippen LogP contribution in [-0.4, -0.2) is 86.2 Å². The first-order valence-electron chi connectivity index (χ1n) is 8.02. The van der Waals surface area contributed by atoms with Crippen molar-refractivity contribution < 1.29 is 29.6 Å². The van der Waals surface area contributed by atoms with Crippen molar-refractivity contribution >= 4 is 5.91 Å². The molecule has 3 saturated heterocycles. The van der Waals surface area contributed by atoms with Gasteiger partial charge in [-0.25, -0.2) is 0 Å². The number of fused-ring (bicyclic) bond motifs is 2. The maximum absolute atomic E-state index is 12.0. The number of hydrogen-bond acceptors (Lipinski definition) is 7. The van der Waals surface area contributed by atoms with Crippen molar-refractivity contribution in [3.63, 3.8) is 0 Å². The number of β-amino-alcohol motifs (C(OH)–C–C–N with tert-alkyl or cyclic N) is 2. The maximum atomic E-state index is 12.0. The van der Waals surface area contributed by atoms with Gasteiger partial charge in [-0.05, 0) is 20.8 Å². The highest BCUT2D eigenvalue weighted by atomic mass is 16.8. The van der Waals surface area contributed by atoms with Crippen LogP contribution < -0.4 is 0 Å². The van der Waals surface area contributed by atoms with Gasteiger partial charge < -0.3 is 29.7 Å². The summed E-state index contributed by atoms with van der Waals surface area (Å²) in [5, 5.41) is 31.8. The molecule has 0 aliphatic carbocycles. The number of ether oxygens (including phenoxy) is 2. The van der Waals surface area contributed by atoms with E-state index in [1.165, 1.54) is 4.90 Å². The minimum atomic E-state index is -1.70. The Balaban J connectivity index is 1.92. The van der Waals surface area contributed by atoms with Crippen LogP contribution in [0.4, 0.5) is 0 Å². The van der Waals surface area contributed by atoms with E-state index in [9.17, 15) is 20.1 Å². The topological polar surface area (TPSA) is 103 Å². The summed E-state index contributed by atoms with van der Waals surface area (Å²) in [6.07, 6.45) is -0.446. The Labute approximate surface area is 135 Å². The van der Waals surface area contributed by atoms with Gasteiger partial charge in [-0.2, -0.15) is 0 Å². The van der Waals surface area contributed by atoms with Gasteiger partial charge in [0.2, 0.25) is 17.5 Å². The molecule has 0 aromatic carbocycles. The summed E-state index contributed by atoms with van der Waals surface area (Å²) in [5.41, 5.74) is -2.44. The first-order valence-corrected chi connectivity index (χ1v) is 8.02. The predicted octanol–water partition coefficient (Wildman–Crippen LogP) is -1.17. The lowest BCUT2D eigenvalue weighted by Crippen LogP contribution is -2.73. The summed E-state index contributed by atoms with van der Waals surface area (Å²) >= 11 is 0. The average molecular weight is 330 g/mol. The van der Waals surface area contributed by atoms with E-state index >= 15 is 0 Å². The number of rotatable bonds is 2. The van der Waals surface area contributed by atoms with Crippen LogP contribution in [0, 0.1) is 0 Å². The second-order valence-corrected chi connectivity index (χ2v) is 7.37. The molecule has 0 aromatic heterocycles. The maximum Gasteiger partial charge on any atom is 0.222 e. The number of hydrogen-bond donors (Lipinski definition) is 3. The largest absolute Gasteiger partial charge is 0.379 e. The van der Waals surface area contributed by atoms with Crippen LogP contribution in [0.2, 0.25) is 0 Å². The molecule has 0 spiro atoms. The Morgan fingerprint density at radius 2 is 1.61 bits per heavy atom. The number of aliphatic hydroxyl groups excluding tert-OH is 1. The molecule has 3 N–H and O–H groups in total. The van der Waals surface area contributed by atoms with E-state index in [0.717, 1.165) is 0 Å². The fraction of sp³-hybridized carbons (Fsp3) is 0.933. The van der Waals surface area contributed by atoms with E-state index in [0.29, 0.717) is 6.42 Å². The van der Waals surface area contributed by atoms with Gasteiger partial charge in [-0.15, -0.1) is 0 Å². The Morgan fingerprint density at radius 1 is 1.09 bits per heavy atom. The van der Waals surface area contributed by atoms with Gasteiger partial charge in [0.1, 0.15) is 17.4 Å². The van der Waals surface area contributed by atoms with Crippen LogP contribution in [-0.2, 0) is 14.3 Å². The van der Waals surface area contributed by atoms with Crippen LogP contribution in [0.5, 0.6) is 0 Å². The molecule has 8 heteroatoms. The van der Waals surface area contributed by atoms with E-state index < -0.39 is 29.0 Å². The van der Waals surface area contributed by atoms with E-state index in [1.54, 1.807) is 32.6 Å². The Hall–Kier alpha value is -0.770. The number of likely N-dealkylation sites (tertiary alicyclic amines) is 2. The molecule has 0 bridgehead atoms. The Morgan fingerprint density at radius 3 is 2.13 bits per heavy atom. The number of amides is 1. The van der Waals surface area contributed by atoms with Gasteiger partial charge in [0.25, 0.3) is 0 Å². The smallest absolute Gasteiger partial charge is 0.222 e. The monoisotopic (exact) mass is 330 g/mol. The third-order valence-electron chi connectivity index (χ3n) is 5.44. The number of aliphatic hydroxyl groups is 3. The van der Waals surface area contributed by atoms with Gasteiger partial charge in [-0.3, -0.25) is 9.69 Å². The van der Waals surface area contributed by atoms with E-state index in [2.05, 4.69) is 0 Å². The van der Waals surface area contributed by atoms with Crippen molar-refractivity contribution in [2.45, 2.75) is 63.1 Å². The molecule has 0 radical (unpaired) electrons. The molecule has 0 aromatic rings. The van der Waals surface area contributed by atoms with Crippen LogP contribution >= 0.6 is 0 Å². The third kappa shape index (κ3) is 2.24. The molecule has 3 rings (SSSR count). The minimum Gasteiger partial charge on any atom is -0.379 e. The Kier molecular flexibility index (Phi) is 3.61. The molecule has 3 heterocycles. The molecule has 8 nitrogen and oxygen atoms in total. The van der Waals surface area contributed by atoms with Gasteiger partial charge in [-0.1, -0.05) is 6.92 Å². The van der Waals surface area contributed by atoms with Gasteiger partial charge in [0, 0.05) is 13.0 Å². The van der Waals surface area contributed by atoms with Crippen molar-refractivity contribution in [2.24, 2.45) is 0 Å². The molecule has 0 saturated carbocycles. The summed E-state index contributed by atoms with van der Waals surface area (Å²) in [6, 6.07) is 0. The van der Waals surface area contributed by atoms with E-state index in [1.807, 2.05) is 0 Å². The number of carbonyl (C=O) groups is 1. The Bertz CT molecular complexity index is 496. The van der Waals surface area contributed by atoms with E-state index in [-0.39, 0.29) is 32.1 Å². The molecule has 3 aliphatic rings. The number of carbonyl (C=O) groups excluding carboxylic acids is 1. The highest BCUT2D eigenvalue weighted by Crippen LogP contribution is 2.52. The van der Waals surface area contributed by atoms with Crippen molar-refractivity contribution in [1.82, 2.24) is 9.80 Å². The van der Waals surface area contributed by atoms with Crippen molar-refractivity contribution in [3.05, 3.63) is 0 Å². The molecule has 3 fully saturated rings. The minimum absolute atomic E-state index is 0.00345. The fourth-order valence-electron chi connectivity index (χ4n) is 3.89. The molecule has 5 unspecified atom stereocenters. The summed E-state index contributed by atoms with van der Waals surface area (Å²) in [6.45, 7) is 7.05. The summed E-state index contributed by atoms with van der Waals surface area (Å²) < 4.78 is 11.9. The lowest BCUT2D eigenvalue weighted by Gasteiger charge is -2.54. The van der Waals surface area contributed by atoms with E-state index in [4.69, 9.17) is 9.47 Å². The summed E-state index contributed by atoms with van der Waals surface area (Å²) in [4.78, 5) is 15.1. The quantitative estimate of drug-likeness (QED) is 0.586. The fourth-order valence-corrected chi connectivity index (χ4v) is 3.89. The first-order chi connectivity index (χ1) is 10.5. The molecule has 132 valence electrons. The van der Waals surface area contributed by atoms with Crippen molar-refractivity contribution in [3.8, 4) is 0 Å². The second kappa shape index (κ2) is 4.87. The van der Waals surface area contributed by atoms with Crippen molar-refractivity contribution in [1.29, 1.82) is 0 Å². The molecule has 5 atom stereocenters. The lowest BCUT2D eigenvalue weighted by atomic mass is 9.89. The lowest BCUT2D eigenvalue weighted by molar-refractivity contribution is -0.454.